The molecule has 0 saturated carbocycles. The van der Waals surface area contributed by atoms with Gasteiger partial charge < -0.3 is 19.9 Å². The van der Waals surface area contributed by atoms with Crippen LogP contribution in [0.3, 0.4) is 0 Å². The van der Waals surface area contributed by atoms with Crippen molar-refractivity contribution in [2.75, 3.05) is 25.7 Å². The fourth-order valence-electron chi connectivity index (χ4n) is 3.96. The Labute approximate surface area is 203 Å². The number of hydrogen-bond donors (Lipinski definition) is 1. The molecule has 1 atom stereocenters. The second-order valence-corrected chi connectivity index (χ2v) is 7.56. The number of hydrogen-bond acceptors (Lipinski definition) is 9. The van der Waals surface area contributed by atoms with Gasteiger partial charge in [-0.2, -0.15) is 5.26 Å². The molecular weight excluding hydrogens is 450 g/mol. The van der Waals surface area contributed by atoms with E-state index in [1.807, 2.05) is 0 Å². The third-order valence-electron chi connectivity index (χ3n) is 5.57. The predicted octanol–water partition coefficient (Wildman–Crippen LogP) is 3.07. The SMILES string of the molecule is CCOC(=O)c1ccc(C)c(N2C(N)=C(C#N)C(c3ccccc3)C(C(=O)OC)=C2C(=O)OC)c1. The summed E-state index contributed by atoms with van der Waals surface area (Å²) in [6, 6.07) is 15.5. The fourth-order valence-corrected chi connectivity index (χ4v) is 3.96. The van der Waals surface area contributed by atoms with Crippen molar-refractivity contribution in [2.24, 2.45) is 5.73 Å². The molecule has 2 aromatic rings. The highest BCUT2D eigenvalue weighted by atomic mass is 16.5. The van der Waals surface area contributed by atoms with Gasteiger partial charge in [0, 0.05) is 0 Å². The highest BCUT2D eigenvalue weighted by Crippen LogP contribution is 2.44. The topological polar surface area (TPSA) is 132 Å². The van der Waals surface area contributed by atoms with Gasteiger partial charge in [-0.15, -0.1) is 0 Å². The van der Waals surface area contributed by atoms with E-state index in [2.05, 4.69) is 6.07 Å². The van der Waals surface area contributed by atoms with Crippen LogP contribution in [0.4, 0.5) is 5.69 Å². The van der Waals surface area contributed by atoms with Gasteiger partial charge >= 0.3 is 17.9 Å². The molecule has 0 aromatic heterocycles. The lowest BCUT2D eigenvalue weighted by Crippen LogP contribution is -2.41. The quantitative estimate of drug-likeness (QED) is 0.494. The molecule has 180 valence electrons. The number of benzene rings is 2. The molecule has 0 spiro atoms. The van der Waals surface area contributed by atoms with Crippen LogP contribution in [0.2, 0.25) is 0 Å². The Balaban J connectivity index is 2.41. The van der Waals surface area contributed by atoms with Gasteiger partial charge in [0.05, 0.1) is 55.2 Å². The summed E-state index contributed by atoms with van der Waals surface area (Å²) in [6.45, 7) is 3.59. The Kier molecular flexibility index (Phi) is 7.56. The summed E-state index contributed by atoms with van der Waals surface area (Å²) in [6.07, 6.45) is 0. The minimum Gasteiger partial charge on any atom is -0.466 e. The van der Waals surface area contributed by atoms with Gasteiger partial charge in [0.2, 0.25) is 0 Å². The first-order valence-corrected chi connectivity index (χ1v) is 10.7. The van der Waals surface area contributed by atoms with Gasteiger partial charge in [-0.1, -0.05) is 36.4 Å². The van der Waals surface area contributed by atoms with Crippen LogP contribution in [-0.2, 0) is 23.8 Å². The maximum absolute atomic E-state index is 13.1. The third kappa shape index (κ3) is 4.59. The molecule has 9 nitrogen and oxygen atoms in total. The lowest BCUT2D eigenvalue weighted by atomic mass is 9.80. The Morgan fingerprint density at radius 3 is 2.26 bits per heavy atom. The smallest absolute Gasteiger partial charge is 0.355 e. The van der Waals surface area contributed by atoms with E-state index >= 15 is 0 Å². The minimum atomic E-state index is -0.979. The van der Waals surface area contributed by atoms with Crippen LogP contribution in [0.25, 0.3) is 0 Å². The predicted molar refractivity (Wildman–Crippen MR) is 127 cm³/mol. The molecule has 1 unspecified atom stereocenters. The number of rotatable bonds is 6. The average Bonchev–Trinajstić information content (AvgIpc) is 2.88. The molecule has 1 aliphatic heterocycles. The largest absolute Gasteiger partial charge is 0.466 e. The number of carbonyl (C=O) groups is 3. The molecule has 1 heterocycles. The van der Waals surface area contributed by atoms with Crippen molar-refractivity contribution >= 4 is 23.6 Å². The molecule has 0 amide bonds. The first kappa shape index (κ1) is 25.1. The summed E-state index contributed by atoms with van der Waals surface area (Å²) in [7, 11) is 2.35. The standard InChI is InChI=1S/C26H25N3O6/c1-5-35-24(30)17-12-11-15(2)19(13-17)29-22(26(32)34-4)21(25(31)33-3)20(18(14-27)23(29)28)16-9-7-6-8-10-16/h6-13,20H,5,28H2,1-4H3. The molecule has 1 aliphatic rings. The number of methoxy groups -OCH3 is 2. The van der Waals surface area contributed by atoms with Gasteiger partial charge in [0.25, 0.3) is 0 Å². The normalized spacial score (nSPS) is 15.4. The lowest BCUT2D eigenvalue weighted by molar-refractivity contribution is -0.139. The van der Waals surface area contributed by atoms with Gasteiger partial charge in [0.1, 0.15) is 11.5 Å². The molecule has 0 radical (unpaired) electrons. The Hall–Kier alpha value is -4.58. The molecule has 35 heavy (non-hydrogen) atoms. The van der Waals surface area contributed by atoms with E-state index in [-0.39, 0.29) is 34.8 Å². The highest BCUT2D eigenvalue weighted by Gasteiger charge is 2.43. The molecule has 3 rings (SSSR count). The van der Waals surface area contributed by atoms with Crippen molar-refractivity contribution in [3.8, 4) is 6.07 Å². The van der Waals surface area contributed by atoms with Gasteiger partial charge in [-0.3, -0.25) is 4.90 Å². The number of esters is 3. The van der Waals surface area contributed by atoms with Gasteiger partial charge in [-0.25, -0.2) is 14.4 Å². The summed E-state index contributed by atoms with van der Waals surface area (Å²) < 4.78 is 15.1. The molecule has 0 bridgehead atoms. The molecule has 0 fully saturated rings. The molecular formula is C26H25N3O6. The van der Waals surface area contributed by atoms with Crippen molar-refractivity contribution in [1.82, 2.24) is 0 Å². The summed E-state index contributed by atoms with van der Waals surface area (Å²) in [5.41, 5.74) is 7.89. The number of ether oxygens (including phenoxy) is 3. The summed E-state index contributed by atoms with van der Waals surface area (Å²) in [4.78, 5) is 39.9. The van der Waals surface area contributed by atoms with Crippen molar-refractivity contribution < 1.29 is 28.6 Å². The fraction of sp³-hybridized carbons (Fsp3) is 0.231. The van der Waals surface area contributed by atoms with Crippen LogP contribution in [0.1, 0.15) is 34.3 Å². The van der Waals surface area contributed by atoms with E-state index in [1.54, 1.807) is 56.3 Å². The van der Waals surface area contributed by atoms with Crippen LogP contribution in [0.5, 0.6) is 0 Å². The Morgan fingerprint density at radius 2 is 1.69 bits per heavy atom. The summed E-state index contributed by atoms with van der Waals surface area (Å²) >= 11 is 0. The zero-order chi connectivity index (χ0) is 25.7. The average molecular weight is 476 g/mol. The van der Waals surface area contributed by atoms with Crippen LogP contribution in [0, 0.1) is 18.3 Å². The number of allylic oxidation sites excluding steroid dienone is 1. The zero-order valence-electron chi connectivity index (χ0n) is 19.8. The number of nitrogens with two attached hydrogens (primary N) is 1. The van der Waals surface area contributed by atoms with E-state index < -0.39 is 23.8 Å². The van der Waals surface area contributed by atoms with Gasteiger partial charge in [-0.05, 0) is 37.1 Å². The van der Waals surface area contributed by atoms with Crippen LogP contribution >= 0.6 is 0 Å². The second-order valence-electron chi connectivity index (χ2n) is 7.56. The van der Waals surface area contributed by atoms with Gasteiger partial charge in [0.15, 0.2) is 0 Å². The lowest BCUT2D eigenvalue weighted by Gasteiger charge is -2.36. The van der Waals surface area contributed by atoms with Crippen LogP contribution in [0.15, 0.2) is 71.2 Å². The molecule has 2 aromatic carbocycles. The van der Waals surface area contributed by atoms with E-state index in [0.29, 0.717) is 16.8 Å². The monoisotopic (exact) mass is 475 g/mol. The molecule has 0 saturated heterocycles. The van der Waals surface area contributed by atoms with E-state index in [9.17, 15) is 19.6 Å². The maximum atomic E-state index is 13.1. The summed E-state index contributed by atoms with van der Waals surface area (Å²) in [5, 5.41) is 10.1. The molecule has 9 heteroatoms. The van der Waals surface area contributed by atoms with E-state index in [4.69, 9.17) is 19.9 Å². The number of nitrogens with zero attached hydrogens (tertiary/aromatic N) is 2. The van der Waals surface area contributed by atoms with Crippen molar-refractivity contribution in [3.05, 3.63) is 87.9 Å². The minimum absolute atomic E-state index is 0.0326. The molecule has 0 aliphatic carbocycles. The van der Waals surface area contributed by atoms with Crippen molar-refractivity contribution in [1.29, 1.82) is 5.26 Å². The summed E-state index contributed by atoms with van der Waals surface area (Å²) in [5.74, 6) is -3.34. The first-order valence-electron chi connectivity index (χ1n) is 10.7. The van der Waals surface area contributed by atoms with Crippen molar-refractivity contribution in [3.63, 3.8) is 0 Å². The van der Waals surface area contributed by atoms with Crippen LogP contribution < -0.4 is 10.6 Å². The zero-order valence-corrected chi connectivity index (χ0v) is 19.8. The maximum Gasteiger partial charge on any atom is 0.355 e. The number of anilines is 1. The number of nitriles is 1. The Morgan fingerprint density at radius 1 is 1.03 bits per heavy atom. The van der Waals surface area contributed by atoms with Crippen LogP contribution in [-0.4, -0.2) is 38.7 Å². The van der Waals surface area contributed by atoms with Crippen molar-refractivity contribution in [2.45, 2.75) is 19.8 Å². The van der Waals surface area contributed by atoms with E-state index in [1.165, 1.54) is 25.2 Å². The first-order chi connectivity index (χ1) is 16.8. The number of aryl methyl sites for hydroxylation is 1. The third-order valence-corrected chi connectivity index (χ3v) is 5.57. The molecule has 2 N–H and O–H groups in total. The van der Waals surface area contributed by atoms with E-state index in [0.717, 1.165) is 0 Å². The highest BCUT2D eigenvalue weighted by molar-refractivity contribution is 6.06. The second kappa shape index (κ2) is 10.6. The Bertz CT molecular complexity index is 1270. The number of carbonyl (C=O) groups excluding carboxylic acids is 3.